The Balaban J connectivity index is 0.00000144. The van der Waals surface area contributed by atoms with Gasteiger partial charge in [-0.1, -0.05) is 12.8 Å². The maximum Gasteiger partial charge on any atom is 0.249 e. The number of carbonyl (C=O) groups is 1. The second-order valence-corrected chi connectivity index (χ2v) is 4.90. The van der Waals surface area contributed by atoms with Crippen molar-refractivity contribution < 1.29 is 9.53 Å². The molecule has 1 saturated carbocycles. The van der Waals surface area contributed by atoms with Gasteiger partial charge in [0.1, 0.15) is 6.10 Å². The van der Waals surface area contributed by atoms with Crippen LogP contribution in [0.15, 0.2) is 0 Å². The van der Waals surface area contributed by atoms with Crippen LogP contribution < -0.4 is 11.1 Å². The molecule has 17 heavy (non-hydrogen) atoms. The molecule has 4 nitrogen and oxygen atoms in total. The molecule has 2 fully saturated rings. The minimum absolute atomic E-state index is 0. The molecule has 0 aromatic carbocycles. The van der Waals surface area contributed by atoms with E-state index in [0.29, 0.717) is 12.5 Å². The number of nitrogens with one attached hydrogen (secondary N) is 1. The molecular weight excluding hydrogens is 240 g/mol. The molecule has 2 aliphatic rings. The van der Waals surface area contributed by atoms with Crippen molar-refractivity contribution in [2.75, 3.05) is 13.2 Å². The van der Waals surface area contributed by atoms with Crippen molar-refractivity contribution in [1.82, 2.24) is 5.32 Å². The van der Waals surface area contributed by atoms with Crippen LogP contribution in [0.5, 0.6) is 0 Å². The number of amides is 1. The summed E-state index contributed by atoms with van der Waals surface area (Å²) >= 11 is 0. The third kappa shape index (κ3) is 3.83. The topological polar surface area (TPSA) is 64.3 Å². The zero-order valence-corrected chi connectivity index (χ0v) is 11.0. The molecule has 2 unspecified atom stereocenters. The molecule has 0 radical (unpaired) electrons. The van der Waals surface area contributed by atoms with Gasteiger partial charge in [-0.15, -0.1) is 12.4 Å². The van der Waals surface area contributed by atoms with Crippen LogP contribution in [0, 0.1) is 5.92 Å². The molecule has 1 saturated heterocycles. The molecule has 1 amide bonds. The Morgan fingerprint density at radius 1 is 1.24 bits per heavy atom. The summed E-state index contributed by atoms with van der Waals surface area (Å²) in [7, 11) is 0. The Hall–Kier alpha value is -0.320. The monoisotopic (exact) mass is 262 g/mol. The highest BCUT2D eigenvalue weighted by atomic mass is 35.5. The van der Waals surface area contributed by atoms with Gasteiger partial charge in [0.05, 0.1) is 0 Å². The molecule has 2 rings (SSSR count). The average Bonchev–Trinajstić information content (AvgIpc) is 2.83. The molecule has 3 N–H and O–H groups in total. The molecule has 1 heterocycles. The van der Waals surface area contributed by atoms with E-state index in [-0.39, 0.29) is 30.5 Å². The number of hydrogen-bond acceptors (Lipinski definition) is 3. The molecule has 1 aliphatic heterocycles. The number of hydrogen-bond donors (Lipinski definition) is 2. The van der Waals surface area contributed by atoms with Crippen molar-refractivity contribution in [3.8, 4) is 0 Å². The number of carbonyl (C=O) groups excluding carboxylic acids is 1. The minimum atomic E-state index is -0.208. The Morgan fingerprint density at radius 3 is 2.65 bits per heavy atom. The summed E-state index contributed by atoms with van der Waals surface area (Å²) in [5.41, 5.74) is 5.74. The Labute approximate surface area is 109 Å². The minimum Gasteiger partial charge on any atom is -0.368 e. The smallest absolute Gasteiger partial charge is 0.249 e. The molecule has 0 aromatic rings. The summed E-state index contributed by atoms with van der Waals surface area (Å²) in [5, 5.41) is 3.12. The third-order valence-electron chi connectivity index (χ3n) is 3.76. The fourth-order valence-electron chi connectivity index (χ4n) is 2.74. The molecule has 0 aromatic heterocycles. The fourth-order valence-corrected chi connectivity index (χ4v) is 2.74. The van der Waals surface area contributed by atoms with Crippen LogP contribution in [0.25, 0.3) is 0 Å². The van der Waals surface area contributed by atoms with E-state index in [0.717, 1.165) is 32.3 Å². The van der Waals surface area contributed by atoms with Gasteiger partial charge >= 0.3 is 0 Å². The van der Waals surface area contributed by atoms with Crippen molar-refractivity contribution in [2.24, 2.45) is 11.7 Å². The van der Waals surface area contributed by atoms with Gasteiger partial charge in [0.25, 0.3) is 0 Å². The van der Waals surface area contributed by atoms with E-state index in [2.05, 4.69) is 5.32 Å². The van der Waals surface area contributed by atoms with Gasteiger partial charge in [0, 0.05) is 12.6 Å². The van der Waals surface area contributed by atoms with Crippen LogP contribution in [-0.4, -0.2) is 31.2 Å². The standard InChI is InChI=1S/C12H22N2O2.ClH/c13-8-9-4-1-2-5-10(9)14-12(15)11-6-3-7-16-11;/h9-11H,1-8,13H2,(H,14,15);1H/t9?,10?,11-;/m1./s1. The summed E-state index contributed by atoms with van der Waals surface area (Å²) in [6.07, 6.45) is 6.32. The van der Waals surface area contributed by atoms with E-state index < -0.39 is 0 Å². The first-order valence-corrected chi connectivity index (χ1v) is 6.43. The second kappa shape index (κ2) is 7.19. The second-order valence-electron chi connectivity index (χ2n) is 4.90. The largest absolute Gasteiger partial charge is 0.368 e. The summed E-state index contributed by atoms with van der Waals surface area (Å²) in [4.78, 5) is 11.9. The first-order chi connectivity index (χ1) is 7.81. The lowest BCUT2D eigenvalue weighted by Gasteiger charge is -2.31. The average molecular weight is 263 g/mol. The van der Waals surface area contributed by atoms with E-state index in [9.17, 15) is 4.79 Å². The van der Waals surface area contributed by atoms with Crippen molar-refractivity contribution in [1.29, 1.82) is 0 Å². The van der Waals surface area contributed by atoms with Gasteiger partial charge in [0.2, 0.25) is 5.91 Å². The van der Waals surface area contributed by atoms with E-state index in [1.54, 1.807) is 0 Å². The molecule has 1 aliphatic carbocycles. The highest BCUT2D eigenvalue weighted by Gasteiger charge is 2.29. The van der Waals surface area contributed by atoms with Gasteiger partial charge in [-0.2, -0.15) is 0 Å². The quantitative estimate of drug-likeness (QED) is 0.804. The fraction of sp³-hybridized carbons (Fsp3) is 0.917. The molecule has 0 spiro atoms. The summed E-state index contributed by atoms with van der Waals surface area (Å²) in [6.45, 7) is 1.40. The molecule has 3 atom stereocenters. The van der Waals surface area contributed by atoms with Crippen LogP contribution in [0.1, 0.15) is 38.5 Å². The molecule has 0 bridgehead atoms. The zero-order valence-electron chi connectivity index (χ0n) is 10.2. The highest BCUT2D eigenvalue weighted by molar-refractivity contribution is 5.85. The lowest BCUT2D eigenvalue weighted by molar-refractivity contribution is -0.131. The van der Waals surface area contributed by atoms with Crippen molar-refractivity contribution >= 4 is 18.3 Å². The van der Waals surface area contributed by atoms with Crippen LogP contribution in [-0.2, 0) is 9.53 Å². The van der Waals surface area contributed by atoms with Gasteiger partial charge < -0.3 is 15.8 Å². The van der Waals surface area contributed by atoms with Crippen LogP contribution in [0.3, 0.4) is 0 Å². The SMILES string of the molecule is Cl.NCC1CCCCC1NC(=O)[C@H]1CCCO1. The number of halogens is 1. The first-order valence-electron chi connectivity index (χ1n) is 6.43. The van der Waals surface area contributed by atoms with Crippen LogP contribution in [0.2, 0.25) is 0 Å². The maximum atomic E-state index is 11.9. The normalized spacial score (nSPS) is 32.9. The molecule has 100 valence electrons. The molecular formula is C12H23ClN2O2. The van der Waals surface area contributed by atoms with Crippen LogP contribution >= 0.6 is 12.4 Å². The number of rotatable bonds is 3. The third-order valence-corrected chi connectivity index (χ3v) is 3.76. The van der Waals surface area contributed by atoms with E-state index in [4.69, 9.17) is 10.5 Å². The summed E-state index contributed by atoms with van der Waals surface area (Å²) in [5.74, 6) is 0.530. The van der Waals surface area contributed by atoms with Gasteiger partial charge in [0.15, 0.2) is 0 Å². The first kappa shape index (κ1) is 14.7. The van der Waals surface area contributed by atoms with Gasteiger partial charge in [-0.25, -0.2) is 0 Å². The van der Waals surface area contributed by atoms with E-state index in [1.165, 1.54) is 12.8 Å². The number of ether oxygens (including phenoxy) is 1. The molecule has 5 heteroatoms. The number of nitrogens with two attached hydrogens (primary N) is 1. The Bertz CT molecular complexity index is 245. The van der Waals surface area contributed by atoms with E-state index >= 15 is 0 Å². The summed E-state index contributed by atoms with van der Waals surface area (Å²) < 4.78 is 5.38. The van der Waals surface area contributed by atoms with Crippen molar-refractivity contribution in [2.45, 2.75) is 50.7 Å². The van der Waals surface area contributed by atoms with Crippen LogP contribution in [0.4, 0.5) is 0 Å². The highest BCUT2D eigenvalue weighted by Crippen LogP contribution is 2.24. The lowest BCUT2D eigenvalue weighted by atomic mass is 9.84. The predicted octanol–water partition coefficient (Wildman–Crippen LogP) is 1.22. The maximum absolute atomic E-state index is 11.9. The Kier molecular flexibility index (Phi) is 6.23. The van der Waals surface area contributed by atoms with Crippen molar-refractivity contribution in [3.05, 3.63) is 0 Å². The summed E-state index contributed by atoms with van der Waals surface area (Å²) in [6, 6.07) is 0.274. The zero-order chi connectivity index (χ0) is 11.4. The van der Waals surface area contributed by atoms with Crippen molar-refractivity contribution in [3.63, 3.8) is 0 Å². The lowest BCUT2D eigenvalue weighted by Crippen LogP contribution is -2.48. The van der Waals surface area contributed by atoms with E-state index in [1.807, 2.05) is 0 Å². The Morgan fingerprint density at radius 2 is 2.00 bits per heavy atom. The van der Waals surface area contributed by atoms with Gasteiger partial charge in [-0.05, 0) is 38.1 Å². The predicted molar refractivity (Wildman–Crippen MR) is 69.2 cm³/mol. The van der Waals surface area contributed by atoms with Gasteiger partial charge in [-0.3, -0.25) is 4.79 Å².